The average molecular weight is 265 g/mol. The van der Waals surface area contributed by atoms with Gasteiger partial charge in [0.15, 0.2) is 0 Å². The van der Waals surface area contributed by atoms with Crippen molar-refractivity contribution in [1.29, 1.82) is 5.26 Å². The molecule has 1 atom stereocenters. The van der Waals surface area contributed by atoms with E-state index in [1.54, 1.807) is 13.2 Å². The Morgan fingerprint density at radius 1 is 1.47 bits per heavy atom. The van der Waals surface area contributed by atoms with Crippen molar-refractivity contribution >= 4 is 5.69 Å². The highest BCUT2D eigenvalue weighted by Crippen LogP contribution is 2.28. The zero-order valence-corrected chi connectivity index (χ0v) is 12.0. The molecular weight excluding hydrogens is 242 g/mol. The molecule has 19 heavy (non-hydrogen) atoms. The smallest absolute Gasteiger partial charge is 0.218 e. The van der Waals surface area contributed by atoms with Crippen LogP contribution in [-0.4, -0.2) is 24.4 Å². The molecule has 1 aromatic heterocycles. The first-order valence-electron chi connectivity index (χ1n) is 6.68. The topological polar surface area (TPSA) is 73.2 Å². The monoisotopic (exact) mass is 265 g/mol. The Hall–Kier alpha value is -1.67. The summed E-state index contributed by atoms with van der Waals surface area (Å²) in [7, 11) is 1.63. The molecule has 0 spiro atoms. The average Bonchev–Trinajstić information content (AvgIpc) is 2.67. The van der Waals surface area contributed by atoms with Crippen molar-refractivity contribution in [3.8, 4) is 11.9 Å². The molecule has 5 nitrogen and oxygen atoms in total. The van der Waals surface area contributed by atoms with Crippen molar-refractivity contribution in [3.63, 3.8) is 0 Å². The Morgan fingerprint density at radius 2 is 2.21 bits per heavy atom. The Kier molecular flexibility index (Phi) is 6.23. The second-order valence-electron chi connectivity index (χ2n) is 4.64. The van der Waals surface area contributed by atoms with Crippen LogP contribution in [0.1, 0.15) is 38.8 Å². The van der Waals surface area contributed by atoms with Crippen molar-refractivity contribution < 1.29 is 9.47 Å². The Morgan fingerprint density at radius 3 is 2.79 bits per heavy atom. The fraction of sp³-hybridized carbons (Fsp3) is 0.643. The third-order valence-corrected chi connectivity index (χ3v) is 2.89. The minimum atomic E-state index is -0.0985. The van der Waals surface area contributed by atoms with Crippen LogP contribution in [0.3, 0.4) is 0 Å². The summed E-state index contributed by atoms with van der Waals surface area (Å²) in [5.74, 6) is 0.581. The van der Waals surface area contributed by atoms with E-state index in [0.29, 0.717) is 23.9 Å². The summed E-state index contributed by atoms with van der Waals surface area (Å²) in [6.07, 6.45) is 3.16. The zero-order valence-electron chi connectivity index (χ0n) is 12.0. The van der Waals surface area contributed by atoms with Crippen molar-refractivity contribution in [2.24, 2.45) is 0 Å². The van der Waals surface area contributed by atoms with E-state index < -0.39 is 0 Å². The number of rotatable bonds is 8. The van der Waals surface area contributed by atoms with E-state index in [4.69, 9.17) is 20.5 Å². The number of nitrogens with zero attached hydrogens (tertiary/aromatic N) is 2. The van der Waals surface area contributed by atoms with Gasteiger partial charge >= 0.3 is 0 Å². The van der Waals surface area contributed by atoms with Gasteiger partial charge in [0.1, 0.15) is 17.9 Å². The third kappa shape index (κ3) is 4.18. The molecular formula is C14H23N3O2. The lowest BCUT2D eigenvalue weighted by molar-refractivity contribution is 0.0865. The summed E-state index contributed by atoms with van der Waals surface area (Å²) in [6, 6.07) is 3.83. The number of unbranched alkanes of at least 4 members (excludes halogenated alkanes) is 2. The number of anilines is 1. The summed E-state index contributed by atoms with van der Waals surface area (Å²) >= 11 is 0. The predicted molar refractivity (Wildman–Crippen MR) is 75.1 cm³/mol. The number of hydrogen-bond donors (Lipinski definition) is 1. The molecule has 0 bridgehead atoms. The zero-order chi connectivity index (χ0) is 14.3. The quantitative estimate of drug-likeness (QED) is 0.733. The minimum absolute atomic E-state index is 0.0985. The van der Waals surface area contributed by atoms with E-state index in [2.05, 4.69) is 13.0 Å². The highest BCUT2D eigenvalue weighted by Gasteiger charge is 2.16. The molecule has 0 aliphatic rings. The maximum Gasteiger partial charge on any atom is 0.218 e. The van der Waals surface area contributed by atoms with Crippen molar-refractivity contribution in [3.05, 3.63) is 11.8 Å². The summed E-state index contributed by atoms with van der Waals surface area (Å²) < 4.78 is 12.7. The maximum atomic E-state index is 9.14. The van der Waals surface area contributed by atoms with Gasteiger partial charge in [-0.05, 0) is 13.3 Å². The number of ether oxygens (including phenoxy) is 2. The van der Waals surface area contributed by atoms with E-state index in [-0.39, 0.29) is 6.10 Å². The van der Waals surface area contributed by atoms with Crippen LogP contribution in [-0.2, 0) is 11.3 Å². The van der Waals surface area contributed by atoms with Crippen LogP contribution in [0.15, 0.2) is 6.07 Å². The normalized spacial score (nSPS) is 12.1. The second-order valence-corrected chi connectivity index (χ2v) is 4.64. The van der Waals surface area contributed by atoms with E-state index in [1.807, 2.05) is 11.5 Å². The first-order valence-corrected chi connectivity index (χ1v) is 6.68. The second kappa shape index (κ2) is 7.70. The van der Waals surface area contributed by atoms with Gasteiger partial charge in [-0.15, -0.1) is 0 Å². The number of aromatic nitrogens is 1. The first kappa shape index (κ1) is 15.4. The summed E-state index contributed by atoms with van der Waals surface area (Å²) in [4.78, 5) is 0. The molecule has 2 N–H and O–H groups in total. The standard InChI is InChI=1S/C14H23N3O2/c1-4-5-6-7-17-12(9-15)8-13(16)14(17)19-11(2)10-18-3/h8,11H,4-7,10,16H2,1-3H3/t11-/m0/s1. The largest absolute Gasteiger partial charge is 0.472 e. The minimum Gasteiger partial charge on any atom is -0.472 e. The Balaban J connectivity index is 2.88. The number of nitrogen functional groups attached to an aromatic ring is 1. The number of methoxy groups -OCH3 is 1. The van der Waals surface area contributed by atoms with E-state index in [1.165, 1.54) is 0 Å². The highest BCUT2D eigenvalue weighted by molar-refractivity contribution is 5.55. The molecule has 0 amide bonds. The van der Waals surface area contributed by atoms with Crippen LogP contribution in [0.2, 0.25) is 0 Å². The van der Waals surface area contributed by atoms with Crippen LogP contribution in [0.4, 0.5) is 5.69 Å². The molecule has 0 aliphatic heterocycles. The summed E-state index contributed by atoms with van der Waals surface area (Å²) in [5, 5.41) is 9.14. The van der Waals surface area contributed by atoms with Gasteiger partial charge in [-0.3, -0.25) is 0 Å². The molecule has 0 radical (unpaired) electrons. The van der Waals surface area contributed by atoms with Gasteiger partial charge < -0.3 is 19.8 Å². The van der Waals surface area contributed by atoms with Crippen molar-refractivity contribution in [2.45, 2.75) is 45.8 Å². The first-order chi connectivity index (χ1) is 9.13. The van der Waals surface area contributed by atoms with E-state index >= 15 is 0 Å². The molecule has 0 fully saturated rings. The summed E-state index contributed by atoms with van der Waals surface area (Å²) in [6.45, 7) is 5.30. The van der Waals surface area contributed by atoms with Crippen molar-refractivity contribution in [2.75, 3.05) is 19.5 Å². The lowest BCUT2D eigenvalue weighted by Crippen LogP contribution is -2.20. The van der Waals surface area contributed by atoms with Crippen molar-refractivity contribution in [1.82, 2.24) is 4.57 Å². The Bertz CT molecular complexity index is 435. The SMILES string of the molecule is CCCCCn1c(C#N)cc(N)c1O[C@@H](C)COC. The van der Waals surface area contributed by atoms with Crippen LogP contribution >= 0.6 is 0 Å². The molecule has 0 aromatic carbocycles. The molecule has 0 saturated heterocycles. The highest BCUT2D eigenvalue weighted by atomic mass is 16.5. The lowest BCUT2D eigenvalue weighted by Gasteiger charge is -2.17. The number of hydrogen-bond acceptors (Lipinski definition) is 4. The molecule has 1 rings (SSSR count). The summed E-state index contributed by atoms with van der Waals surface area (Å²) in [5.41, 5.74) is 6.99. The van der Waals surface area contributed by atoms with Crippen LogP contribution < -0.4 is 10.5 Å². The maximum absolute atomic E-state index is 9.14. The van der Waals surface area contributed by atoms with Gasteiger partial charge in [-0.2, -0.15) is 5.26 Å². The Labute approximate surface area is 114 Å². The lowest BCUT2D eigenvalue weighted by atomic mass is 10.2. The number of nitrogens with two attached hydrogens (primary N) is 1. The van der Waals surface area contributed by atoms with Gasteiger partial charge in [-0.25, -0.2) is 0 Å². The van der Waals surface area contributed by atoms with Gasteiger partial charge in [0.2, 0.25) is 5.88 Å². The number of nitriles is 1. The van der Waals surface area contributed by atoms with Gasteiger partial charge in [-0.1, -0.05) is 19.8 Å². The third-order valence-electron chi connectivity index (χ3n) is 2.89. The molecule has 106 valence electrons. The fourth-order valence-electron chi connectivity index (χ4n) is 1.98. The molecule has 0 aliphatic carbocycles. The van der Waals surface area contributed by atoms with E-state index in [0.717, 1.165) is 25.8 Å². The molecule has 1 heterocycles. The van der Waals surface area contributed by atoms with Gasteiger partial charge in [0.05, 0.1) is 12.3 Å². The van der Waals surface area contributed by atoms with Crippen LogP contribution in [0, 0.1) is 11.3 Å². The van der Waals surface area contributed by atoms with Crippen LogP contribution in [0.5, 0.6) is 5.88 Å². The van der Waals surface area contributed by atoms with E-state index in [9.17, 15) is 0 Å². The fourth-order valence-corrected chi connectivity index (χ4v) is 1.98. The van der Waals surface area contributed by atoms with Gasteiger partial charge in [0, 0.05) is 19.7 Å². The molecule has 1 aromatic rings. The molecule has 0 unspecified atom stereocenters. The molecule has 0 saturated carbocycles. The van der Waals surface area contributed by atoms with Gasteiger partial charge in [0.25, 0.3) is 0 Å². The predicted octanol–water partition coefficient (Wildman–Crippen LogP) is 2.55. The molecule has 5 heteroatoms. The van der Waals surface area contributed by atoms with Crippen LogP contribution in [0.25, 0.3) is 0 Å².